The van der Waals surface area contributed by atoms with Crippen molar-refractivity contribution in [1.82, 2.24) is 9.88 Å². The lowest BCUT2D eigenvalue weighted by atomic mass is 9.94. The molecule has 1 atom stereocenters. The van der Waals surface area contributed by atoms with Crippen LogP contribution in [0.5, 0.6) is 11.5 Å². The van der Waals surface area contributed by atoms with Crippen LogP contribution in [-0.4, -0.2) is 40.4 Å². The second kappa shape index (κ2) is 9.11. The number of thiazole rings is 1. The standard InChI is InChI=1S/C24H24N2O6S/c1-5-31-17-9-8-15(11-18(17)30-4)20-19(21(27)23-13(2)25-14(3)33-23)22(28)24(29)26(20)12-16-7-6-10-32-16/h6-11,20,28H,5,12H2,1-4H3. The Morgan fingerprint density at radius 3 is 2.67 bits per heavy atom. The number of methoxy groups -OCH3 is 1. The van der Waals surface area contributed by atoms with Gasteiger partial charge in [0.15, 0.2) is 17.3 Å². The van der Waals surface area contributed by atoms with E-state index in [0.717, 1.165) is 5.01 Å². The van der Waals surface area contributed by atoms with Gasteiger partial charge in [0.05, 0.1) is 53.7 Å². The Morgan fingerprint density at radius 1 is 1.27 bits per heavy atom. The van der Waals surface area contributed by atoms with Crippen LogP contribution in [0, 0.1) is 13.8 Å². The minimum atomic E-state index is -0.846. The van der Waals surface area contributed by atoms with Gasteiger partial charge in [-0.2, -0.15) is 0 Å². The second-order valence-electron chi connectivity index (χ2n) is 7.50. The number of nitrogens with zero attached hydrogens (tertiary/aromatic N) is 2. The summed E-state index contributed by atoms with van der Waals surface area (Å²) in [6.45, 7) is 5.94. The summed E-state index contributed by atoms with van der Waals surface area (Å²) in [7, 11) is 1.52. The van der Waals surface area contributed by atoms with Gasteiger partial charge < -0.3 is 23.9 Å². The van der Waals surface area contributed by atoms with E-state index in [2.05, 4.69) is 4.98 Å². The molecule has 1 amide bonds. The van der Waals surface area contributed by atoms with E-state index in [9.17, 15) is 14.7 Å². The summed E-state index contributed by atoms with van der Waals surface area (Å²) >= 11 is 1.23. The number of furan rings is 1. The fourth-order valence-corrected chi connectivity index (χ4v) is 4.83. The Bertz CT molecular complexity index is 1230. The van der Waals surface area contributed by atoms with Crippen LogP contribution in [0.1, 0.15) is 44.7 Å². The fourth-order valence-electron chi connectivity index (χ4n) is 3.96. The SMILES string of the molecule is CCOc1ccc(C2C(C(=O)c3sc(C)nc3C)=C(O)C(=O)N2Cc2ccco2)cc1OC. The molecule has 9 heteroatoms. The summed E-state index contributed by atoms with van der Waals surface area (Å²) < 4.78 is 16.5. The number of ether oxygens (including phenoxy) is 2. The molecule has 4 rings (SSSR count). The van der Waals surface area contributed by atoms with Gasteiger partial charge in [0.25, 0.3) is 5.91 Å². The molecule has 0 bridgehead atoms. The largest absolute Gasteiger partial charge is 0.503 e. The third-order valence-corrected chi connectivity index (χ3v) is 6.44. The van der Waals surface area contributed by atoms with E-state index in [0.29, 0.717) is 40.0 Å². The first kappa shape index (κ1) is 22.6. The third kappa shape index (κ3) is 4.11. The van der Waals surface area contributed by atoms with Crippen molar-refractivity contribution in [2.24, 2.45) is 0 Å². The van der Waals surface area contributed by atoms with Crippen LogP contribution in [0.2, 0.25) is 0 Å². The van der Waals surface area contributed by atoms with Gasteiger partial charge in [0, 0.05) is 0 Å². The summed E-state index contributed by atoms with van der Waals surface area (Å²) in [4.78, 5) is 32.9. The van der Waals surface area contributed by atoms with Crippen LogP contribution in [0.3, 0.4) is 0 Å². The molecule has 0 saturated carbocycles. The Kier molecular flexibility index (Phi) is 6.24. The van der Waals surface area contributed by atoms with Crippen molar-refractivity contribution in [3.63, 3.8) is 0 Å². The first-order valence-electron chi connectivity index (χ1n) is 10.4. The Morgan fingerprint density at radius 2 is 2.06 bits per heavy atom. The van der Waals surface area contributed by atoms with Gasteiger partial charge in [-0.15, -0.1) is 11.3 Å². The highest BCUT2D eigenvalue weighted by Gasteiger charge is 2.45. The molecule has 33 heavy (non-hydrogen) atoms. The van der Waals surface area contributed by atoms with Gasteiger partial charge in [0.2, 0.25) is 5.78 Å². The van der Waals surface area contributed by atoms with Crippen LogP contribution in [0.25, 0.3) is 0 Å². The van der Waals surface area contributed by atoms with Gasteiger partial charge in [0.1, 0.15) is 5.76 Å². The van der Waals surface area contributed by atoms with E-state index in [-0.39, 0.29) is 12.1 Å². The topological polar surface area (TPSA) is 102 Å². The van der Waals surface area contributed by atoms with Crippen molar-refractivity contribution in [2.45, 2.75) is 33.4 Å². The van der Waals surface area contributed by atoms with Crippen molar-refractivity contribution in [1.29, 1.82) is 0 Å². The first-order chi connectivity index (χ1) is 15.8. The minimum absolute atomic E-state index is 0.00418. The number of aliphatic hydroxyl groups is 1. The highest BCUT2D eigenvalue weighted by atomic mass is 32.1. The molecule has 1 aliphatic rings. The molecular weight excluding hydrogens is 444 g/mol. The van der Waals surface area contributed by atoms with E-state index in [1.165, 1.54) is 29.6 Å². The summed E-state index contributed by atoms with van der Waals surface area (Å²) in [5, 5.41) is 11.6. The quantitative estimate of drug-likeness (QED) is 0.484. The number of amides is 1. The smallest absolute Gasteiger partial charge is 0.290 e. The van der Waals surface area contributed by atoms with E-state index in [4.69, 9.17) is 13.9 Å². The van der Waals surface area contributed by atoms with Crippen molar-refractivity contribution in [3.8, 4) is 11.5 Å². The molecule has 0 spiro atoms. The summed E-state index contributed by atoms with van der Waals surface area (Å²) in [5.41, 5.74) is 1.16. The van der Waals surface area contributed by atoms with Gasteiger partial charge >= 0.3 is 0 Å². The summed E-state index contributed by atoms with van der Waals surface area (Å²) in [6, 6.07) is 7.81. The number of Topliss-reactive ketones (excluding diaryl/α,β-unsaturated/α-hetero) is 1. The van der Waals surface area contributed by atoms with Crippen LogP contribution < -0.4 is 9.47 Å². The zero-order valence-corrected chi connectivity index (χ0v) is 19.6. The van der Waals surface area contributed by atoms with Crippen LogP contribution in [0.15, 0.2) is 52.3 Å². The maximum atomic E-state index is 13.6. The molecule has 0 saturated heterocycles. The second-order valence-corrected chi connectivity index (χ2v) is 8.70. The van der Waals surface area contributed by atoms with Gasteiger partial charge in [-0.25, -0.2) is 4.98 Å². The molecule has 1 aliphatic heterocycles. The van der Waals surface area contributed by atoms with E-state index < -0.39 is 23.5 Å². The molecule has 1 unspecified atom stereocenters. The number of ketones is 1. The average molecular weight is 469 g/mol. The lowest BCUT2D eigenvalue weighted by Gasteiger charge is -2.26. The molecule has 0 aliphatic carbocycles. The lowest BCUT2D eigenvalue weighted by Crippen LogP contribution is -2.30. The Balaban J connectivity index is 1.84. The average Bonchev–Trinajstić information content (AvgIpc) is 3.49. The Hall–Kier alpha value is -3.59. The minimum Gasteiger partial charge on any atom is -0.503 e. The number of aliphatic hydroxyl groups excluding tert-OH is 1. The normalized spacial score (nSPS) is 15.9. The number of hydrogen-bond donors (Lipinski definition) is 1. The number of hydrogen-bond acceptors (Lipinski definition) is 8. The molecule has 3 aromatic rings. The fraction of sp³-hybridized carbons (Fsp3) is 0.292. The van der Waals surface area contributed by atoms with E-state index in [1.54, 1.807) is 44.2 Å². The first-order valence-corrected chi connectivity index (χ1v) is 11.2. The number of rotatable bonds is 8. The van der Waals surface area contributed by atoms with Gasteiger partial charge in [-0.05, 0) is 50.6 Å². The molecule has 0 fully saturated rings. The predicted molar refractivity (Wildman–Crippen MR) is 122 cm³/mol. The highest BCUT2D eigenvalue weighted by molar-refractivity contribution is 7.14. The van der Waals surface area contributed by atoms with Crippen molar-refractivity contribution in [2.75, 3.05) is 13.7 Å². The van der Waals surface area contributed by atoms with Crippen molar-refractivity contribution >= 4 is 23.0 Å². The van der Waals surface area contributed by atoms with Gasteiger partial charge in [-0.1, -0.05) is 6.07 Å². The van der Waals surface area contributed by atoms with Crippen molar-refractivity contribution in [3.05, 3.63) is 74.8 Å². The third-order valence-electron chi connectivity index (χ3n) is 5.37. The lowest BCUT2D eigenvalue weighted by molar-refractivity contribution is -0.130. The summed E-state index contributed by atoms with van der Waals surface area (Å²) in [6.07, 6.45) is 1.51. The number of benzene rings is 1. The predicted octanol–water partition coefficient (Wildman–Crippen LogP) is 4.54. The maximum Gasteiger partial charge on any atom is 0.290 e. The van der Waals surface area contributed by atoms with Crippen LogP contribution in [-0.2, 0) is 11.3 Å². The summed E-state index contributed by atoms with van der Waals surface area (Å²) in [5.74, 6) is -0.119. The zero-order chi connectivity index (χ0) is 23.7. The number of carbonyl (C=O) groups is 2. The van der Waals surface area contributed by atoms with Crippen molar-refractivity contribution < 1.29 is 28.6 Å². The monoisotopic (exact) mass is 468 g/mol. The number of carbonyl (C=O) groups excluding carboxylic acids is 2. The molecule has 3 heterocycles. The molecule has 0 radical (unpaired) electrons. The molecule has 2 aromatic heterocycles. The van der Waals surface area contributed by atoms with Gasteiger partial charge in [-0.3, -0.25) is 9.59 Å². The molecule has 1 aromatic carbocycles. The maximum absolute atomic E-state index is 13.6. The number of aryl methyl sites for hydroxylation is 2. The van der Waals surface area contributed by atoms with E-state index in [1.807, 2.05) is 6.92 Å². The number of aromatic nitrogens is 1. The highest BCUT2D eigenvalue weighted by Crippen LogP contribution is 2.43. The molecule has 8 nitrogen and oxygen atoms in total. The molecule has 1 N–H and O–H groups in total. The van der Waals surface area contributed by atoms with Crippen LogP contribution >= 0.6 is 11.3 Å². The Labute approximate surface area is 195 Å². The molecular formula is C24H24N2O6S. The van der Waals surface area contributed by atoms with Crippen LogP contribution in [0.4, 0.5) is 0 Å². The zero-order valence-electron chi connectivity index (χ0n) is 18.7. The van der Waals surface area contributed by atoms with E-state index >= 15 is 0 Å². The molecule has 172 valence electrons.